The number of halogens is 2. The first-order chi connectivity index (χ1) is 10.5. The first-order valence-corrected chi connectivity index (χ1v) is 7.26. The molecule has 0 bridgehead atoms. The van der Waals surface area contributed by atoms with Gasteiger partial charge in [0.25, 0.3) is 0 Å². The maximum atomic E-state index is 13.7. The summed E-state index contributed by atoms with van der Waals surface area (Å²) in [5, 5.41) is 5.87. The second kappa shape index (κ2) is 7.15. The second-order valence-electron chi connectivity index (χ2n) is 5.52. The molecule has 0 saturated carbocycles. The number of nitrogens with one attached hydrogen (secondary N) is 2. The number of para-hydroxylation sites is 1. The van der Waals surface area contributed by atoms with E-state index in [2.05, 4.69) is 34.4 Å². The van der Waals surface area contributed by atoms with Crippen LogP contribution in [0.2, 0.25) is 0 Å². The zero-order chi connectivity index (χ0) is 16.1. The molecule has 0 atom stereocenters. The summed E-state index contributed by atoms with van der Waals surface area (Å²) in [4.78, 5) is 8.43. The highest BCUT2D eigenvalue weighted by atomic mass is 19.1. The minimum Gasteiger partial charge on any atom is -0.370 e. The third kappa shape index (κ3) is 4.38. The summed E-state index contributed by atoms with van der Waals surface area (Å²) >= 11 is 0. The van der Waals surface area contributed by atoms with Crippen molar-refractivity contribution in [1.82, 2.24) is 9.97 Å². The number of hydrogen-bond donors (Lipinski definition) is 2. The first-order valence-electron chi connectivity index (χ1n) is 7.26. The fourth-order valence-corrected chi connectivity index (χ4v) is 1.96. The van der Waals surface area contributed by atoms with Crippen LogP contribution >= 0.6 is 0 Å². The zero-order valence-corrected chi connectivity index (χ0v) is 13.0. The van der Waals surface area contributed by atoms with Crippen molar-refractivity contribution in [2.24, 2.45) is 5.92 Å². The highest BCUT2D eigenvalue weighted by molar-refractivity contribution is 5.60. The minimum atomic E-state index is -0.661. The maximum Gasteiger partial charge on any atom is 0.149 e. The Hall–Kier alpha value is -2.24. The molecule has 2 rings (SSSR count). The molecule has 0 radical (unpaired) electrons. The van der Waals surface area contributed by atoms with Crippen molar-refractivity contribution < 1.29 is 8.78 Å². The first kappa shape index (κ1) is 16.1. The van der Waals surface area contributed by atoms with Gasteiger partial charge in [0.15, 0.2) is 0 Å². The van der Waals surface area contributed by atoms with Crippen LogP contribution in [0.3, 0.4) is 0 Å². The van der Waals surface area contributed by atoms with Gasteiger partial charge in [-0.3, -0.25) is 0 Å². The lowest BCUT2D eigenvalue weighted by Crippen LogP contribution is -2.08. The largest absolute Gasteiger partial charge is 0.370 e. The van der Waals surface area contributed by atoms with Crippen LogP contribution in [0, 0.1) is 24.5 Å². The van der Waals surface area contributed by atoms with Crippen molar-refractivity contribution in [2.45, 2.75) is 27.2 Å². The number of aryl methyl sites for hydroxylation is 1. The third-order valence-corrected chi connectivity index (χ3v) is 3.08. The molecule has 22 heavy (non-hydrogen) atoms. The summed E-state index contributed by atoms with van der Waals surface area (Å²) in [6, 6.07) is 5.35. The standard InChI is InChI=1S/C16H20F2N4/c1-10(2)7-8-19-14-9-15(21-11(3)20-14)22-16-12(17)5-4-6-13(16)18/h4-6,9-10H,7-8H2,1-3H3,(H2,19,20,21,22). The van der Waals surface area contributed by atoms with E-state index in [0.29, 0.717) is 23.4 Å². The molecule has 1 heterocycles. The van der Waals surface area contributed by atoms with E-state index in [9.17, 15) is 8.78 Å². The Morgan fingerprint density at radius 2 is 1.73 bits per heavy atom. The molecule has 0 spiro atoms. The Balaban J connectivity index is 2.16. The molecule has 4 nitrogen and oxygen atoms in total. The van der Waals surface area contributed by atoms with Gasteiger partial charge in [0.2, 0.25) is 0 Å². The van der Waals surface area contributed by atoms with Gasteiger partial charge in [-0.2, -0.15) is 0 Å². The Kier molecular flexibility index (Phi) is 5.25. The van der Waals surface area contributed by atoms with E-state index in [1.54, 1.807) is 13.0 Å². The van der Waals surface area contributed by atoms with Crippen LogP contribution in [0.15, 0.2) is 24.3 Å². The van der Waals surface area contributed by atoms with E-state index in [0.717, 1.165) is 13.0 Å². The number of rotatable bonds is 6. The molecule has 0 aliphatic rings. The van der Waals surface area contributed by atoms with Crippen LogP contribution in [0.4, 0.5) is 26.1 Å². The van der Waals surface area contributed by atoms with E-state index in [-0.39, 0.29) is 5.69 Å². The normalized spacial score (nSPS) is 10.8. The Labute approximate surface area is 129 Å². The number of hydrogen-bond acceptors (Lipinski definition) is 4. The zero-order valence-electron chi connectivity index (χ0n) is 13.0. The molecule has 0 aliphatic carbocycles. The lowest BCUT2D eigenvalue weighted by molar-refractivity contribution is 0.590. The van der Waals surface area contributed by atoms with Crippen LogP contribution in [0.1, 0.15) is 26.1 Å². The van der Waals surface area contributed by atoms with Gasteiger partial charge in [0.05, 0.1) is 0 Å². The molecule has 6 heteroatoms. The summed E-state index contributed by atoms with van der Waals surface area (Å²) in [5.41, 5.74) is -0.214. The molecule has 1 aromatic heterocycles. The van der Waals surface area contributed by atoms with Gasteiger partial charge in [-0.25, -0.2) is 18.7 Å². The molecule has 0 aliphatic heterocycles. The van der Waals surface area contributed by atoms with Crippen molar-refractivity contribution in [3.05, 3.63) is 41.7 Å². The number of nitrogens with zero attached hydrogens (tertiary/aromatic N) is 2. The van der Waals surface area contributed by atoms with Crippen LogP contribution < -0.4 is 10.6 Å². The summed E-state index contributed by atoms with van der Waals surface area (Å²) in [7, 11) is 0. The predicted octanol–water partition coefficient (Wildman–Crippen LogP) is 4.26. The van der Waals surface area contributed by atoms with E-state index in [1.807, 2.05) is 0 Å². The van der Waals surface area contributed by atoms with E-state index in [4.69, 9.17) is 0 Å². The fraction of sp³-hybridized carbons (Fsp3) is 0.375. The van der Waals surface area contributed by atoms with Crippen molar-refractivity contribution in [3.63, 3.8) is 0 Å². The van der Waals surface area contributed by atoms with Crippen molar-refractivity contribution >= 4 is 17.3 Å². The molecule has 1 aromatic carbocycles. The topological polar surface area (TPSA) is 49.8 Å². The Bertz CT molecular complexity index is 624. The van der Waals surface area contributed by atoms with E-state index in [1.165, 1.54) is 18.2 Å². The molecule has 0 amide bonds. The second-order valence-corrected chi connectivity index (χ2v) is 5.52. The van der Waals surface area contributed by atoms with Gasteiger partial charge in [0.1, 0.15) is 34.8 Å². The molecule has 0 unspecified atom stereocenters. The Morgan fingerprint density at radius 1 is 1.09 bits per heavy atom. The lowest BCUT2D eigenvalue weighted by atomic mass is 10.1. The summed E-state index contributed by atoms with van der Waals surface area (Å²) in [6.45, 7) is 6.79. The van der Waals surface area contributed by atoms with Gasteiger partial charge >= 0.3 is 0 Å². The SMILES string of the molecule is Cc1nc(NCCC(C)C)cc(Nc2c(F)cccc2F)n1. The third-order valence-electron chi connectivity index (χ3n) is 3.08. The van der Waals surface area contributed by atoms with Crippen molar-refractivity contribution in [1.29, 1.82) is 0 Å². The van der Waals surface area contributed by atoms with Crippen molar-refractivity contribution in [3.8, 4) is 0 Å². The smallest absolute Gasteiger partial charge is 0.149 e. The van der Waals surface area contributed by atoms with Crippen LogP contribution in [0.5, 0.6) is 0 Å². The minimum absolute atomic E-state index is 0.214. The monoisotopic (exact) mass is 306 g/mol. The van der Waals surface area contributed by atoms with Crippen molar-refractivity contribution in [2.75, 3.05) is 17.2 Å². The summed E-state index contributed by atoms with van der Waals surface area (Å²) in [6.07, 6.45) is 1.01. The molecule has 2 N–H and O–H groups in total. The van der Waals surface area contributed by atoms with Gasteiger partial charge in [-0.05, 0) is 31.4 Å². The lowest BCUT2D eigenvalue weighted by Gasteiger charge is -2.12. The quantitative estimate of drug-likeness (QED) is 0.837. The summed E-state index contributed by atoms with van der Waals surface area (Å²) < 4.78 is 27.3. The van der Waals surface area contributed by atoms with E-state index < -0.39 is 11.6 Å². The molecule has 2 aromatic rings. The number of aromatic nitrogens is 2. The highest BCUT2D eigenvalue weighted by Crippen LogP contribution is 2.23. The average Bonchev–Trinajstić information content (AvgIpc) is 2.42. The average molecular weight is 306 g/mol. The van der Waals surface area contributed by atoms with Crippen LogP contribution in [-0.4, -0.2) is 16.5 Å². The van der Waals surface area contributed by atoms with Gasteiger partial charge in [-0.15, -0.1) is 0 Å². The molecule has 0 fully saturated rings. The number of benzene rings is 1. The van der Waals surface area contributed by atoms with Gasteiger partial charge in [-0.1, -0.05) is 19.9 Å². The van der Waals surface area contributed by atoms with Crippen LogP contribution in [-0.2, 0) is 0 Å². The fourth-order valence-electron chi connectivity index (χ4n) is 1.96. The Morgan fingerprint density at radius 3 is 2.36 bits per heavy atom. The van der Waals surface area contributed by atoms with Gasteiger partial charge < -0.3 is 10.6 Å². The maximum absolute atomic E-state index is 13.7. The van der Waals surface area contributed by atoms with E-state index >= 15 is 0 Å². The summed E-state index contributed by atoms with van der Waals surface area (Å²) in [5.74, 6) is 0.765. The number of anilines is 3. The van der Waals surface area contributed by atoms with Gasteiger partial charge in [0, 0.05) is 12.6 Å². The molecule has 0 saturated heterocycles. The molecular formula is C16H20F2N4. The molecular weight excluding hydrogens is 286 g/mol. The molecule has 118 valence electrons. The predicted molar refractivity (Wildman–Crippen MR) is 84.4 cm³/mol. The van der Waals surface area contributed by atoms with Crippen LogP contribution in [0.25, 0.3) is 0 Å². The highest BCUT2D eigenvalue weighted by Gasteiger charge is 2.10.